The van der Waals surface area contributed by atoms with Crippen LogP contribution in [-0.2, 0) is 0 Å². The number of hydrogen-bond acceptors (Lipinski definition) is 2. The van der Waals surface area contributed by atoms with Gasteiger partial charge in [-0.05, 0) is 64.1 Å². The van der Waals surface area contributed by atoms with Gasteiger partial charge in [-0.3, -0.25) is 0 Å². The van der Waals surface area contributed by atoms with E-state index in [0.29, 0.717) is 6.04 Å². The molecule has 2 atom stereocenters. The quantitative estimate of drug-likeness (QED) is 0.672. The van der Waals surface area contributed by atoms with Gasteiger partial charge in [0, 0.05) is 6.04 Å². The predicted molar refractivity (Wildman–Crippen MR) is 78.2 cm³/mol. The van der Waals surface area contributed by atoms with Crippen molar-refractivity contribution < 1.29 is 0 Å². The van der Waals surface area contributed by atoms with Crippen molar-refractivity contribution in [1.29, 1.82) is 0 Å². The van der Waals surface area contributed by atoms with Crippen molar-refractivity contribution >= 4 is 0 Å². The standard InChI is InChI=1S/C15H34N2/c1-12(2)14(5)17(6)11-7-8-15(9-10-16)13(3)4/h12-15H,7-11,16H2,1-6H3. The van der Waals surface area contributed by atoms with E-state index in [1.165, 1.54) is 25.8 Å². The summed E-state index contributed by atoms with van der Waals surface area (Å²) in [5, 5.41) is 0. The SMILES string of the molecule is CC(C)C(CCN)CCCN(C)C(C)C(C)C. The molecule has 0 rings (SSSR count). The summed E-state index contributed by atoms with van der Waals surface area (Å²) in [6, 6.07) is 0.682. The summed E-state index contributed by atoms with van der Waals surface area (Å²) in [6.07, 6.45) is 3.81. The molecule has 0 aromatic carbocycles. The number of rotatable bonds is 9. The molecule has 17 heavy (non-hydrogen) atoms. The van der Waals surface area contributed by atoms with Crippen LogP contribution in [0.5, 0.6) is 0 Å². The molecule has 2 nitrogen and oxygen atoms in total. The molecule has 0 saturated heterocycles. The molecule has 104 valence electrons. The Bertz CT molecular complexity index is 178. The van der Waals surface area contributed by atoms with Crippen LogP contribution in [0.25, 0.3) is 0 Å². The van der Waals surface area contributed by atoms with Crippen LogP contribution in [-0.4, -0.2) is 31.1 Å². The minimum Gasteiger partial charge on any atom is -0.330 e. The molecule has 0 spiro atoms. The van der Waals surface area contributed by atoms with Crippen molar-refractivity contribution in [3.05, 3.63) is 0 Å². The Balaban J connectivity index is 3.87. The van der Waals surface area contributed by atoms with Crippen molar-refractivity contribution in [1.82, 2.24) is 4.90 Å². The van der Waals surface area contributed by atoms with E-state index in [1.54, 1.807) is 0 Å². The fraction of sp³-hybridized carbons (Fsp3) is 1.00. The molecular weight excluding hydrogens is 208 g/mol. The van der Waals surface area contributed by atoms with Gasteiger partial charge in [0.1, 0.15) is 0 Å². The lowest BCUT2D eigenvalue weighted by Gasteiger charge is -2.29. The zero-order valence-electron chi connectivity index (χ0n) is 12.9. The van der Waals surface area contributed by atoms with Crippen LogP contribution in [0.15, 0.2) is 0 Å². The van der Waals surface area contributed by atoms with Crippen LogP contribution in [0, 0.1) is 17.8 Å². The van der Waals surface area contributed by atoms with E-state index in [0.717, 1.165) is 24.3 Å². The molecule has 0 heterocycles. The van der Waals surface area contributed by atoms with Crippen molar-refractivity contribution in [2.45, 2.75) is 59.9 Å². The lowest BCUT2D eigenvalue weighted by atomic mass is 9.88. The maximum Gasteiger partial charge on any atom is 0.00868 e. The molecule has 0 radical (unpaired) electrons. The lowest BCUT2D eigenvalue weighted by Crippen LogP contribution is -2.34. The second-order valence-electron chi connectivity index (χ2n) is 6.19. The molecule has 0 aromatic heterocycles. The van der Waals surface area contributed by atoms with Gasteiger partial charge in [-0.2, -0.15) is 0 Å². The minimum atomic E-state index is 0.682. The van der Waals surface area contributed by atoms with Gasteiger partial charge >= 0.3 is 0 Å². The normalized spacial score (nSPS) is 15.9. The molecule has 0 amide bonds. The lowest BCUT2D eigenvalue weighted by molar-refractivity contribution is 0.196. The molecule has 0 fully saturated rings. The van der Waals surface area contributed by atoms with Gasteiger partial charge in [0.25, 0.3) is 0 Å². The molecular formula is C15H34N2. The Hall–Kier alpha value is -0.0800. The van der Waals surface area contributed by atoms with Crippen LogP contribution in [0.3, 0.4) is 0 Å². The molecule has 2 N–H and O–H groups in total. The molecule has 2 unspecified atom stereocenters. The number of nitrogens with two attached hydrogens (primary N) is 1. The van der Waals surface area contributed by atoms with Crippen LogP contribution in [0.4, 0.5) is 0 Å². The van der Waals surface area contributed by atoms with Crippen molar-refractivity contribution in [2.24, 2.45) is 23.5 Å². The Morgan fingerprint density at radius 2 is 1.53 bits per heavy atom. The smallest absolute Gasteiger partial charge is 0.00868 e. The highest BCUT2D eigenvalue weighted by Gasteiger charge is 2.15. The van der Waals surface area contributed by atoms with Crippen LogP contribution >= 0.6 is 0 Å². The van der Waals surface area contributed by atoms with Crippen LogP contribution < -0.4 is 5.73 Å². The van der Waals surface area contributed by atoms with Gasteiger partial charge in [-0.25, -0.2) is 0 Å². The van der Waals surface area contributed by atoms with Gasteiger partial charge in [0.15, 0.2) is 0 Å². The van der Waals surface area contributed by atoms with Crippen molar-refractivity contribution in [2.75, 3.05) is 20.1 Å². The van der Waals surface area contributed by atoms with Crippen molar-refractivity contribution in [3.8, 4) is 0 Å². The monoisotopic (exact) mass is 242 g/mol. The third kappa shape index (κ3) is 7.05. The molecule has 0 aliphatic heterocycles. The van der Waals surface area contributed by atoms with E-state index in [4.69, 9.17) is 5.73 Å². The molecule has 0 aromatic rings. The predicted octanol–water partition coefficient (Wildman–Crippen LogP) is 3.36. The van der Waals surface area contributed by atoms with E-state index < -0.39 is 0 Å². The highest BCUT2D eigenvalue weighted by atomic mass is 15.1. The van der Waals surface area contributed by atoms with E-state index in [2.05, 4.69) is 46.6 Å². The van der Waals surface area contributed by atoms with Crippen LogP contribution in [0.2, 0.25) is 0 Å². The van der Waals surface area contributed by atoms with E-state index in [-0.39, 0.29) is 0 Å². The minimum absolute atomic E-state index is 0.682. The van der Waals surface area contributed by atoms with Crippen LogP contribution in [0.1, 0.15) is 53.9 Å². The zero-order valence-corrected chi connectivity index (χ0v) is 12.9. The van der Waals surface area contributed by atoms with Crippen molar-refractivity contribution in [3.63, 3.8) is 0 Å². The largest absolute Gasteiger partial charge is 0.330 e. The first kappa shape index (κ1) is 16.9. The maximum absolute atomic E-state index is 5.68. The van der Waals surface area contributed by atoms with E-state index in [9.17, 15) is 0 Å². The van der Waals surface area contributed by atoms with Gasteiger partial charge in [0.2, 0.25) is 0 Å². The average Bonchev–Trinajstić information content (AvgIpc) is 2.26. The number of hydrogen-bond donors (Lipinski definition) is 1. The zero-order chi connectivity index (χ0) is 13.4. The molecule has 0 saturated carbocycles. The summed E-state index contributed by atoms with van der Waals surface area (Å²) in [7, 11) is 2.25. The summed E-state index contributed by atoms with van der Waals surface area (Å²) in [6.45, 7) is 13.6. The summed E-state index contributed by atoms with van der Waals surface area (Å²) in [4.78, 5) is 2.49. The average molecular weight is 242 g/mol. The third-order valence-corrected chi connectivity index (χ3v) is 4.23. The van der Waals surface area contributed by atoms with Gasteiger partial charge < -0.3 is 10.6 Å². The Labute approximate surface area is 109 Å². The summed E-state index contributed by atoms with van der Waals surface area (Å²) in [5.41, 5.74) is 5.68. The molecule has 0 bridgehead atoms. The van der Waals surface area contributed by atoms with Gasteiger partial charge in [0.05, 0.1) is 0 Å². The number of nitrogens with zero attached hydrogens (tertiary/aromatic N) is 1. The first-order valence-corrected chi connectivity index (χ1v) is 7.30. The van der Waals surface area contributed by atoms with E-state index in [1.807, 2.05) is 0 Å². The van der Waals surface area contributed by atoms with Gasteiger partial charge in [-0.15, -0.1) is 0 Å². The first-order valence-electron chi connectivity index (χ1n) is 7.30. The van der Waals surface area contributed by atoms with Gasteiger partial charge in [-0.1, -0.05) is 27.7 Å². The second-order valence-corrected chi connectivity index (χ2v) is 6.19. The second kappa shape index (κ2) is 8.93. The molecule has 2 heteroatoms. The highest BCUT2D eigenvalue weighted by Crippen LogP contribution is 2.21. The Morgan fingerprint density at radius 1 is 0.941 bits per heavy atom. The Morgan fingerprint density at radius 3 is 1.94 bits per heavy atom. The van der Waals surface area contributed by atoms with E-state index >= 15 is 0 Å². The highest BCUT2D eigenvalue weighted by molar-refractivity contribution is 4.69. The summed E-state index contributed by atoms with van der Waals surface area (Å²) in [5.74, 6) is 2.32. The first-order chi connectivity index (χ1) is 7.90. The molecule has 0 aliphatic rings. The summed E-state index contributed by atoms with van der Waals surface area (Å²) < 4.78 is 0. The fourth-order valence-electron chi connectivity index (χ4n) is 2.34. The third-order valence-electron chi connectivity index (χ3n) is 4.23. The fourth-order valence-corrected chi connectivity index (χ4v) is 2.34. The topological polar surface area (TPSA) is 29.3 Å². The molecule has 0 aliphatic carbocycles. The maximum atomic E-state index is 5.68. The summed E-state index contributed by atoms with van der Waals surface area (Å²) >= 11 is 0. The Kier molecular flexibility index (Phi) is 8.89.